The molecule has 0 saturated heterocycles. The summed E-state index contributed by atoms with van der Waals surface area (Å²) in [5.74, 6) is -0.519. The number of amides is 2. The maximum Gasteiger partial charge on any atom is 0.251 e. The van der Waals surface area contributed by atoms with Gasteiger partial charge in [-0.05, 0) is 42.4 Å². The zero-order chi connectivity index (χ0) is 20.7. The van der Waals surface area contributed by atoms with E-state index in [2.05, 4.69) is 15.4 Å². The molecule has 0 atom stereocenters. The number of hydrogen-bond acceptors (Lipinski definition) is 4. The Kier molecular flexibility index (Phi) is 7.31. The quantitative estimate of drug-likeness (QED) is 0.629. The van der Waals surface area contributed by atoms with Crippen molar-refractivity contribution < 1.29 is 18.0 Å². The van der Waals surface area contributed by atoms with Gasteiger partial charge in [0.25, 0.3) is 5.91 Å². The van der Waals surface area contributed by atoms with E-state index in [0.29, 0.717) is 23.4 Å². The van der Waals surface area contributed by atoms with Crippen LogP contribution in [0.25, 0.3) is 0 Å². The number of benzene rings is 2. The van der Waals surface area contributed by atoms with E-state index in [1.807, 2.05) is 13.8 Å². The minimum atomic E-state index is -3.31. The van der Waals surface area contributed by atoms with Gasteiger partial charge in [0.05, 0.1) is 5.75 Å². The first-order chi connectivity index (χ1) is 13.2. The lowest BCUT2D eigenvalue weighted by Gasteiger charge is -2.09. The molecular weight excluding hydrogens is 378 g/mol. The molecule has 0 spiro atoms. The third kappa shape index (κ3) is 6.47. The van der Waals surface area contributed by atoms with E-state index < -0.39 is 10.0 Å². The minimum Gasteiger partial charge on any atom is -0.348 e. The van der Waals surface area contributed by atoms with Gasteiger partial charge in [0, 0.05) is 23.7 Å². The van der Waals surface area contributed by atoms with Crippen molar-refractivity contribution in [3.8, 4) is 0 Å². The summed E-state index contributed by atoms with van der Waals surface area (Å²) >= 11 is 0. The zero-order valence-electron chi connectivity index (χ0n) is 16.2. The number of anilines is 1. The second kappa shape index (κ2) is 9.48. The van der Waals surface area contributed by atoms with E-state index in [1.54, 1.807) is 48.5 Å². The van der Waals surface area contributed by atoms with Gasteiger partial charge in [-0.2, -0.15) is 0 Å². The average Bonchev–Trinajstić information content (AvgIpc) is 2.67. The second-order valence-electron chi connectivity index (χ2n) is 6.68. The molecule has 7 nitrogen and oxygen atoms in total. The molecule has 28 heavy (non-hydrogen) atoms. The lowest BCUT2D eigenvalue weighted by atomic mass is 10.1. The van der Waals surface area contributed by atoms with Gasteiger partial charge in [0.1, 0.15) is 0 Å². The summed E-state index contributed by atoms with van der Waals surface area (Å²) < 4.78 is 25.4. The Morgan fingerprint density at radius 3 is 2.04 bits per heavy atom. The fourth-order valence-corrected chi connectivity index (χ4v) is 3.10. The van der Waals surface area contributed by atoms with Gasteiger partial charge in [0.15, 0.2) is 0 Å². The molecule has 0 aliphatic carbocycles. The van der Waals surface area contributed by atoms with Crippen LogP contribution in [-0.2, 0) is 27.1 Å². The van der Waals surface area contributed by atoms with Crippen molar-refractivity contribution >= 4 is 27.5 Å². The number of hydrogen-bond donors (Lipinski definition) is 3. The Morgan fingerprint density at radius 1 is 0.929 bits per heavy atom. The van der Waals surface area contributed by atoms with Gasteiger partial charge in [0.2, 0.25) is 15.9 Å². The molecule has 2 aromatic rings. The molecule has 0 aliphatic rings. The summed E-state index contributed by atoms with van der Waals surface area (Å²) in [4.78, 5) is 23.9. The van der Waals surface area contributed by atoms with Crippen LogP contribution in [0, 0.1) is 5.92 Å². The third-order valence-electron chi connectivity index (χ3n) is 4.08. The highest BCUT2D eigenvalue weighted by molar-refractivity contribution is 7.88. The molecule has 2 aromatic carbocycles. The maximum absolute atomic E-state index is 12.3. The van der Waals surface area contributed by atoms with Crippen molar-refractivity contribution in [2.45, 2.75) is 26.1 Å². The standard InChI is InChI=1S/C20H25N3O4S/c1-14(2)19(24)23-18-10-8-17(9-11-18)20(25)22-12-15-4-6-16(7-5-15)13-28(26,27)21-3/h4-11,14,21H,12-13H2,1-3H3,(H,22,25)(H,23,24). The monoisotopic (exact) mass is 403 g/mol. The molecule has 0 heterocycles. The third-order valence-corrected chi connectivity index (χ3v) is 5.42. The van der Waals surface area contributed by atoms with Crippen molar-refractivity contribution in [2.75, 3.05) is 12.4 Å². The highest BCUT2D eigenvalue weighted by Gasteiger charge is 2.10. The van der Waals surface area contributed by atoms with Gasteiger partial charge >= 0.3 is 0 Å². The molecule has 2 amide bonds. The summed E-state index contributed by atoms with van der Waals surface area (Å²) in [6.07, 6.45) is 0. The van der Waals surface area contributed by atoms with Crippen LogP contribution < -0.4 is 15.4 Å². The predicted octanol–water partition coefficient (Wildman–Crippen LogP) is 2.26. The van der Waals surface area contributed by atoms with Crippen LogP contribution in [0.1, 0.15) is 35.3 Å². The van der Waals surface area contributed by atoms with Crippen molar-refractivity contribution in [3.63, 3.8) is 0 Å². The highest BCUT2D eigenvalue weighted by atomic mass is 32.2. The van der Waals surface area contributed by atoms with Crippen LogP contribution in [0.2, 0.25) is 0 Å². The first-order valence-corrected chi connectivity index (χ1v) is 10.5. The summed E-state index contributed by atoms with van der Waals surface area (Å²) in [6, 6.07) is 13.7. The Morgan fingerprint density at radius 2 is 1.50 bits per heavy atom. The Bertz CT molecular complexity index is 921. The van der Waals surface area contributed by atoms with Crippen molar-refractivity contribution in [1.29, 1.82) is 0 Å². The predicted molar refractivity (Wildman–Crippen MR) is 109 cm³/mol. The minimum absolute atomic E-state index is 0.0804. The number of sulfonamides is 1. The van der Waals surface area contributed by atoms with Crippen molar-refractivity contribution in [2.24, 2.45) is 5.92 Å². The zero-order valence-corrected chi connectivity index (χ0v) is 17.0. The van der Waals surface area contributed by atoms with Crippen LogP contribution in [0.3, 0.4) is 0 Å². The average molecular weight is 404 g/mol. The molecule has 0 aliphatic heterocycles. The summed E-state index contributed by atoms with van der Waals surface area (Å²) in [5, 5.41) is 5.59. The Labute approximate surface area is 165 Å². The lowest BCUT2D eigenvalue weighted by Crippen LogP contribution is -2.23. The van der Waals surface area contributed by atoms with E-state index in [1.165, 1.54) is 7.05 Å². The molecule has 0 fully saturated rings. The van der Waals surface area contributed by atoms with Crippen molar-refractivity contribution in [3.05, 3.63) is 65.2 Å². The fraction of sp³-hybridized carbons (Fsp3) is 0.300. The Hall–Kier alpha value is -2.71. The van der Waals surface area contributed by atoms with E-state index in [-0.39, 0.29) is 23.5 Å². The van der Waals surface area contributed by atoms with E-state index in [9.17, 15) is 18.0 Å². The van der Waals surface area contributed by atoms with Crippen LogP contribution in [-0.4, -0.2) is 27.3 Å². The van der Waals surface area contributed by atoms with E-state index in [0.717, 1.165) is 5.56 Å². The van der Waals surface area contributed by atoms with Gasteiger partial charge in [-0.1, -0.05) is 38.1 Å². The normalized spacial score (nSPS) is 11.3. The van der Waals surface area contributed by atoms with Crippen LogP contribution in [0.5, 0.6) is 0 Å². The summed E-state index contributed by atoms with van der Waals surface area (Å²) in [5.41, 5.74) is 2.66. The van der Waals surface area contributed by atoms with Crippen LogP contribution >= 0.6 is 0 Å². The topological polar surface area (TPSA) is 104 Å². The van der Waals surface area contributed by atoms with Crippen molar-refractivity contribution in [1.82, 2.24) is 10.0 Å². The summed E-state index contributed by atoms with van der Waals surface area (Å²) in [6.45, 7) is 3.94. The van der Waals surface area contributed by atoms with Gasteiger partial charge in [-0.15, -0.1) is 0 Å². The molecular formula is C20H25N3O4S. The molecule has 3 N–H and O–H groups in total. The molecule has 150 valence electrons. The smallest absolute Gasteiger partial charge is 0.251 e. The first-order valence-electron chi connectivity index (χ1n) is 8.88. The molecule has 0 aromatic heterocycles. The number of carbonyl (C=O) groups excluding carboxylic acids is 2. The van der Waals surface area contributed by atoms with Crippen LogP contribution in [0.4, 0.5) is 5.69 Å². The molecule has 2 rings (SSSR count). The molecule has 0 unspecified atom stereocenters. The largest absolute Gasteiger partial charge is 0.348 e. The number of carbonyl (C=O) groups is 2. The lowest BCUT2D eigenvalue weighted by molar-refractivity contribution is -0.118. The maximum atomic E-state index is 12.3. The van der Waals surface area contributed by atoms with Gasteiger partial charge < -0.3 is 10.6 Å². The van der Waals surface area contributed by atoms with E-state index in [4.69, 9.17) is 0 Å². The SMILES string of the molecule is CNS(=O)(=O)Cc1ccc(CNC(=O)c2ccc(NC(=O)C(C)C)cc2)cc1. The van der Waals surface area contributed by atoms with Gasteiger partial charge in [-0.3, -0.25) is 9.59 Å². The van der Waals surface area contributed by atoms with Crippen LogP contribution in [0.15, 0.2) is 48.5 Å². The van der Waals surface area contributed by atoms with E-state index >= 15 is 0 Å². The molecule has 8 heteroatoms. The summed E-state index contributed by atoms with van der Waals surface area (Å²) in [7, 11) is -1.93. The Balaban J connectivity index is 1.90. The molecule has 0 radical (unpaired) electrons. The van der Waals surface area contributed by atoms with Gasteiger partial charge in [-0.25, -0.2) is 13.1 Å². The fourth-order valence-electron chi connectivity index (χ4n) is 2.32. The number of nitrogens with one attached hydrogen (secondary N) is 3. The number of rotatable bonds is 8. The molecule has 0 bridgehead atoms. The molecule has 0 saturated carbocycles. The highest BCUT2D eigenvalue weighted by Crippen LogP contribution is 2.12. The second-order valence-corrected chi connectivity index (χ2v) is 8.61. The first kappa shape index (κ1) is 21.6.